The third-order valence-corrected chi connectivity index (χ3v) is 4.42. The number of carbonyl (C=O) groups is 1. The number of alkyl halides is 3. The van der Waals surface area contributed by atoms with Crippen molar-refractivity contribution in [3.8, 4) is 22.6 Å². The van der Waals surface area contributed by atoms with Crippen LogP contribution in [-0.2, 0) is 0 Å². The van der Waals surface area contributed by atoms with E-state index in [0.717, 1.165) is 22.4 Å². The maximum Gasteiger partial charge on any atom is 0.405 e. The molecule has 11 heteroatoms. The number of hydrogen-bond donors (Lipinski definition) is 2. The lowest BCUT2D eigenvalue weighted by atomic mass is 10.1. The van der Waals surface area contributed by atoms with E-state index in [4.69, 9.17) is 0 Å². The predicted octanol–water partition coefficient (Wildman–Crippen LogP) is 4.87. The fourth-order valence-electron chi connectivity index (χ4n) is 2.99. The summed E-state index contributed by atoms with van der Waals surface area (Å²) in [6, 6.07) is 9.56. The van der Waals surface area contributed by atoms with Crippen molar-refractivity contribution >= 4 is 29.8 Å². The Kier molecular flexibility index (Phi) is 6.64. The Bertz CT molecular complexity index is 1240. The van der Waals surface area contributed by atoms with Gasteiger partial charge in [0, 0.05) is 35.4 Å². The smallest absolute Gasteiger partial charge is 0.329 e. The molecule has 4 aromatic rings. The number of pyridine rings is 1. The summed E-state index contributed by atoms with van der Waals surface area (Å²) in [6.07, 6.45) is 2.53. The number of fused-ring (bicyclic) bond motifs is 1. The SMILES string of the molecule is Cc1cnc(-c2ccn3c(-c4cccc(NC(=O)NCC(F)(F)F)c4)cnc3c2)nc1.Cl. The van der Waals surface area contributed by atoms with E-state index in [1.165, 1.54) is 0 Å². The second-order valence-electron chi connectivity index (χ2n) is 6.87. The number of anilines is 1. The maximum absolute atomic E-state index is 12.2. The quantitative estimate of drug-likeness (QED) is 0.453. The standard InChI is InChI=1S/C21H17F3N6O.ClH/c1-13-9-26-19(27-10-13)15-5-6-30-17(11-25-18(30)8-15)14-3-2-4-16(7-14)29-20(31)28-12-21(22,23)24;/h2-11H,12H2,1H3,(H2,28,29,31);1H. The van der Waals surface area contributed by atoms with Gasteiger partial charge in [0.25, 0.3) is 0 Å². The van der Waals surface area contributed by atoms with Crippen molar-refractivity contribution in [3.63, 3.8) is 0 Å². The lowest BCUT2D eigenvalue weighted by molar-refractivity contribution is -0.122. The van der Waals surface area contributed by atoms with Crippen LogP contribution in [0.15, 0.2) is 61.2 Å². The van der Waals surface area contributed by atoms with Crippen LogP contribution in [0.25, 0.3) is 28.3 Å². The number of imidazole rings is 1. The largest absolute Gasteiger partial charge is 0.405 e. The van der Waals surface area contributed by atoms with Gasteiger partial charge in [-0.25, -0.2) is 19.7 Å². The first kappa shape index (κ1) is 23.0. The minimum absolute atomic E-state index is 0. The molecule has 0 saturated carbocycles. The molecular weight excluding hydrogens is 445 g/mol. The van der Waals surface area contributed by atoms with Gasteiger partial charge in [-0.1, -0.05) is 12.1 Å². The van der Waals surface area contributed by atoms with Crippen LogP contribution >= 0.6 is 12.4 Å². The second kappa shape index (κ2) is 9.23. The van der Waals surface area contributed by atoms with Crippen molar-refractivity contribution < 1.29 is 18.0 Å². The number of nitrogens with one attached hydrogen (secondary N) is 2. The van der Waals surface area contributed by atoms with Gasteiger partial charge in [-0.3, -0.25) is 4.40 Å². The van der Waals surface area contributed by atoms with E-state index in [-0.39, 0.29) is 12.4 Å². The number of rotatable bonds is 4. The van der Waals surface area contributed by atoms with E-state index in [9.17, 15) is 18.0 Å². The molecule has 0 radical (unpaired) electrons. The fourth-order valence-corrected chi connectivity index (χ4v) is 2.99. The molecule has 0 bridgehead atoms. The first-order chi connectivity index (χ1) is 14.8. The molecular formula is C21H18ClF3N6O. The molecule has 0 unspecified atom stereocenters. The molecule has 0 fully saturated rings. The average Bonchev–Trinajstić information content (AvgIpc) is 3.16. The van der Waals surface area contributed by atoms with Crippen LogP contribution in [0.5, 0.6) is 0 Å². The van der Waals surface area contributed by atoms with E-state index >= 15 is 0 Å². The summed E-state index contributed by atoms with van der Waals surface area (Å²) in [5.41, 5.74) is 4.32. The van der Waals surface area contributed by atoms with Gasteiger partial charge in [-0.2, -0.15) is 13.2 Å². The zero-order valence-electron chi connectivity index (χ0n) is 16.7. The number of halogens is 4. The Balaban J connectivity index is 0.00000289. The minimum atomic E-state index is -4.47. The third kappa shape index (κ3) is 5.33. The second-order valence-corrected chi connectivity index (χ2v) is 6.87. The van der Waals surface area contributed by atoms with Gasteiger partial charge in [0.2, 0.25) is 0 Å². The number of aromatic nitrogens is 4. The predicted molar refractivity (Wildman–Crippen MR) is 117 cm³/mol. The van der Waals surface area contributed by atoms with E-state index < -0.39 is 18.8 Å². The zero-order chi connectivity index (χ0) is 22.0. The lowest BCUT2D eigenvalue weighted by Crippen LogP contribution is -2.36. The number of urea groups is 1. The molecule has 4 rings (SSSR count). The monoisotopic (exact) mass is 462 g/mol. The van der Waals surface area contributed by atoms with Crippen LogP contribution in [0.2, 0.25) is 0 Å². The molecule has 0 aliphatic rings. The molecule has 32 heavy (non-hydrogen) atoms. The summed E-state index contributed by atoms with van der Waals surface area (Å²) in [6.45, 7) is 0.510. The number of amides is 2. The highest BCUT2D eigenvalue weighted by Crippen LogP contribution is 2.26. The Hall–Kier alpha value is -3.66. The molecule has 0 aliphatic carbocycles. The zero-order valence-corrected chi connectivity index (χ0v) is 17.5. The average molecular weight is 463 g/mol. The highest BCUT2D eigenvalue weighted by atomic mass is 35.5. The Labute approximate surface area is 187 Å². The summed E-state index contributed by atoms with van der Waals surface area (Å²) in [5.74, 6) is 0.591. The number of benzene rings is 1. The van der Waals surface area contributed by atoms with Gasteiger partial charge >= 0.3 is 12.2 Å². The van der Waals surface area contributed by atoms with E-state index in [0.29, 0.717) is 17.2 Å². The summed E-state index contributed by atoms with van der Waals surface area (Å²) >= 11 is 0. The van der Waals surface area contributed by atoms with Gasteiger partial charge in [0.15, 0.2) is 5.82 Å². The van der Waals surface area contributed by atoms with Crippen LogP contribution in [0, 0.1) is 6.92 Å². The molecule has 0 aliphatic heterocycles. The van der Waals surface area contributed by atoms with E-state index in [1.54, 1.807) is 42.1 Å². The Morgan fingerprint density at radius 3 is 2.50 bits per heavy atom. The molecule has 166 valence electrons. The molecule has 7 nitrogen and oxygen atoms in total. The molecule has 0 saturated heterocycles. The molecule has 0 spiro atoms. The van der Waals surface area contributed by atoms with Crippen LogP contribution in [0.3, 0.4) is 0 Å². The fraction of sp³-hybridized carbons (Fsp3) is 0.143. The molecule has 0 atom stereocenters. The van der Waals surface area contributed by atoms with E-state index in [1.807, 2.05) is 35.7 Å². The number of hydrogen-bond acceptors (Lipinski definition) is 4. The van der Waals surface area contributed by atoms with Crippen molar-refractivity contribution in [2.75, 3.05) is 11.9 Å². The lowest BCUT2D eigenvalue weighted by Gasteiger charge is -2.11. The van der Waals surface area contributed by atoms with Gasteiger partial charge in [-0.05, 0) is 36.8 Å². The highest BCUT2D eigenvalue weighted by molar-refractivity contribution is 5.90. The van der Waals surface area contributed by atoms with Gasteiger partial charge < -0.3 is 10.6 Å². The van der Waals surface area contributed by atoms with Crippen LogP contribution in [0.4, 0.5) is 23.7 Å². The number of carbonyl (C=O) groups excluding carboxylic acids is 1. The molecule has 2 amide bonds. The van der Waals surface area contributed by atoms with Gasteiger partial charge in [-0.15, -0.1) is 12.4 Å². The highest BCUT2D eigenvalue weighted by Gasteiger charge is 2.27. The molecule has 2 N–H and O–H groups in total. The van der Waals surface area contributed by atoms with Crippen molar-refractivity contribution in [2.45, 2.75) is 13.1 Å². The summed E-state index contributed by atoms with van der Waals surface area (Å²) in [5, 5.41) is 4.18. The van der Waals surface area contributed by atoms with Gasteiger partial charge in [0.1, 0.15) is 12.2 Å². The first-order valence-electron chi connectivity index (χ1n) is 9.27. The van der Waals surface area contributed by atoms with Crippen molar-refractivity contribution in [3.05, 3.63) is 66.7 Å². The van der Waals surface area contributed by atoms with Crippen molar-refractivity contribution in [1.29, 1.82) is 0 Å². The minimum Gasteiger partial charge on any atom is -0.329 e. The molecule has 1 aromatic carbocycles. The normalized spacial score (nSPS) is 11.1. The summed E-state index contributed by atoms with van der Waals surface area (Å²) < 4.78 is 38.6. The molecule has 3 heterocycles. The first-order valence-corrected chi connectivity index (χ1v) is 9.27. The number of aryl methyl sites for hydroxylation is 1. The summed E-state index contributed by atoms with van der Waals surface area (Å²) in [4.78, 5) is 24.8. The summed E-state index contributed by atoms with van der Waals surface area (Å²) in [7, 11) is 0. The van der Waals surface area contributed by atoms with Crippen LogP contribution < -0.4 is 10.6 Å². The Morgan fingerprint density at radius 2 is 1.78 bits per heavy atom. The maximum atomic E-state index is 12.2. The molecule has 3 aromatic heterocycles. The van der Waals surface area contributed by atoms with E-state index in [2.05, 4.69) is 20.3 Å². The van der Waals surface area contributed by atoms with Crippen LogP contribution in [-0.4, -0.2) is 38.1 Å². The van der Waals surface area contributed by atoms with Crippen molar-refractivity contribution in [2.24, 2.45) is 0 Å². The van der Waals surface area contributed by atoms with Crippen molar-refractivity contribution in [1.82, 2.24) is 24.7 Å². The Morgan fingerprint density at radius 1 is 1.03 bits per heavy atom. The topological polar surface area (TPSA) is 84.2 Å². The van der Waals surface area contributed by atoms with Crippen LogP contribution in [0.1, 0.15) is 5.56 Å². The van der Waals surface area contributed by atoms with Gasteiger partial charge in [0.05, 0.1) is 11.9 Å². The third-order valence-electron chi connectivity index (χ3n) is 4.42. The number of nitrogens with zero attached hydrogens (tertiary/aromatic N) is 4.